The van der Waals surface area contributed by atoms with Gasteiger partial charge in [0.15, 0.2) is 0 Å². The highest BCUT2D eigenvalue weighted by Crippen LogP contribution is 2.05. The van der Waals surface area contributed by atoms with Gasteiger partial charge < -0.3 is 0 Å². The minimum atomic E-state index is 0.291. The van der Waals surface area contributed by atoms with Crippen molar-refractivity contribution in [1.29, 1.82) is 0 Å². The van der Waals surface area contributed by atoms with E-state index >= 15 is 0 Å². The van der Waals surface area contributed by atoms with Gasteiger partial charge in [-0.25, -0.2) is 0 Å². The SMILES string of the molecule is CCCCN(N=O)C(C)CC. The molecule has 0 rings (SSSR count). The lowest BCUT2D eigenvalue weighted by atomic mass is 10.2. The molecule has 0 heterocycles. The van der Waals surface area contributed by atoms with Gasteiger partial charge in [-0.2, -0.15) is 0 Å². The monoisotopic (exact) mass is 158 g/mol. The fraction of sp³-hybridized carbons (Fsp3) is 1.00. The van der Waals surface area contributed by atoms with Crippen LogP contribution >= 0.6 is 0 Å². The first-order valence-corrected chi connectivity index (χ1v) is 4.36. The molecule has 3 nitrogen and oxygen atoms in total. The molecule has 0 bridgehead atoms. The molecule has 0 aliphatic rings. The Labute approximate surface area is 68.7 Å². The van der Waals surface area contributed by atoms with Gasteiger partial charge in [-0.3, -0.25) is 5.01 Å². The summed E-state index contributed by atoms with van der Waals surface area (Å²) in [6, 6.07) is 0.291. The van der Waals surface area contributed by atoms with Crippen LogP contribution in [0.2, 0.25) is 0 Å². The van der Waals surface area contributed by atoms with Crippen molar-refractivity contribution in [3.05, 3.63) is 4.91 Å². The van der Waals surface area contributed by atoms with Crippen LogP contribution in [-0.4, -0.2) is 17.6 Å². The number of nitroso groups, excluding NO2 is 1. The van der Waals surface area contributed by atoms with E-state index in [0.717, 1.165) is 25.8 Å². The topological polar surface area (TPSA) is 32.7 Å². The summed E-state index contributed by atoms with van der Waals surface area (Å²) in [6.07, 6.45) is 3.15. The van der Waals surface area contributed by atoms with Gasteiger partial charge in [0.05, 0.1) is 5.29 Å². The Morgan fingerprint density at radius 1 is 1.45 bits per heavy atom. The molecule has 0 amide bonds. The van der Waals surface area contributed by atoms with Gasteiger partial charge >= 0.3 is 0 Å². The van der Waals surface area contributed by atoms with Crippen LogP contribution in [-0.2, 0) is 0 Å². The van der Waals surface area contributed by atoms with Gasteiger partial charge in [-0.05, 0) is 19.8 Å². The van der Waals surface area contributed by atoms with Gasteiger partial charge in [-0.15, -0.1) is 4.91 Å². The first-order valence-electron chi connectivity index (χ1n) is 4.36. The summed E-state index contributed by atoms with van der Waals surface area (Å²) < 4.78 is 0. The summed E-state index contributed by atoms with van der Waals surface area (Å²) in [5, 5.41) is 4.61. The number of nitrogens with zero attached hydrogens (tertiary/aromatic N) is 2. The smallest absolute Gasteiger partial charge is 0.0526 e. The zero-order valence-corrected chi connectivity index (χ0v) is 7.71. The molecule has 0 saturated heterocycles. The van der Waals surface area contributed by atoms with E-state index in [4.69, 9.17) is 0 Å². The molecule has 0 aromatic rings. The molecule has 0 aromatic carbocycles. The summed E-state index contributed by atoms with van der Waals surface area (Å²) >= 11 is 0. The third kappa shape index (κ3) is 3.96. The second-order valence-electron chi connectivity index (χ2n) is 2.86. The van der Waals surface area contributed by atoms with E-state index in [2.05, 4.69) is 19.1 Å². The van der Waals surface area contributed by atoms with Crippen molar-refractivity contribution in [3.8, 4) is 0 Å². The van der Waals surface area contributed by atoms with E-state index in [-0.39, 0.29) is 0 Å². The van der Waals surface area contributed by atoms with E-state index in [1.165, 1.54) is 0 Å². The predicted octanol–water partition coefficient (Wildman–Crippen LogP) is 2.57. The Balaban J connectivity index is 3.65. The van der Waals surface area contributed by atoms with Crippen LogP contribution in [0.15, 0.2) is 5.29 Å². The Hall–Kier alpha value is -0.600. The number of hydrogen-bond donors (Lipinski definition) is 0. The van der Waals surface area contributed by atoms with E-state index in [9.17, 15) is 4.91 Å². The Morgan fingerprint density at radius 2 is 2.09 bits per heavy atom. The lowest BCUT2D eigenvalue weighted by Crippen LogP contribution is -2.27. The molecular formula is C8H18N2O. The zero-order valence-electron chi connectivity index (χ0n) is 7.71. The standard InChI is InChI=1S/C8H18N2O/c1-4-6-7-10(9-11)8(3)5-2/h8H,4-7H2,1-3H3. The predicted molar refractivity (Wildman–Crippen MR) is 47.2 cm³/mol. The highest BCUT2D eigenvalue weighted by Gasteiger charge is 2.08. The van der Waals surface area contributed by atoms with E-state index in [1.807, 2.05) is 6.92 Å². The molecule has 11 heavy (non-hydrogen) atoms. The maximum absolute atomic E-state index is 10.3. The van der Waals surface area contributed by atoms with Crippen LogP contribution in [0.4, 0.5) is 0 Å². The Morgan fingerprint density at radius 3 is 2.45 bits per heavy atom. The molecule has 0 saturated carbocycles. The van der Waals surface area contributed by atoms with Crippen molar-refractivity contribution in [2.75, 3.05) is 6.54 Å². The molecule has 0 spiro atoms. The van der Waals surface area contributed by atoms with Crippen LogP contribution in [0.25, 0.3) is 0 Å². The van der Waals surface area contributed by atoms with Gasteiger partial charge in [-0.1, -0.05) is 20.3 Å². The molecule has 0 aliphatic heterocycles. The van der Waals surface area contributed by atoms with Crippen LogP contribution < -0.4 is 0 Å². The zero-order chi connectivity index (χ0) is 8.69. The lowest BCUT2D eigenvalue weighted by Gasteiger charge is -2.20. The summed E-state index contributed by atoms with van der Waals surface area (Å²) in [4.78, 5) is 10.3. The van der Waals surface area contributed by atoms with Crippen molar-refractivity contribution in [2.45, 2.75) is 46.1 Å². The van der Waals surface area contributed by atoms with Crippen LogP contribution in [0, 0.1) is 4.91 Å². The first-order chi connectivity index (χ1) is 5.26. The molecule has 0 aliphatic carbocycles. The van der Waals surface area contributed by atoms with E-state index in [1.54, 1.807) is 5.01 Å². The Kier molecular flexibility index (Phi) is 5.80. The quantitative estimate of drug-likeness (QED) is 0.439. The van der Waals surface area contributed by atoms with Gasteiger partial charge in [0.25, 0.3) is 0 Å². The molecule has 3 heteroatoms. The van der Waals surface area contributed by atoms with Crippen LogP contribution in [0.1, 0.15) is 40.0 Å². The van der Waals surface area contributed by atoms with Crippen molar-refractivity contribution in [2.24, 2.45) is 5.29 Å². The van der Waals surface area contributed by atoms with Gasteiger partial charge in [0.1, 0.15) is 0 Å². The highest BCUT2D eigenvalue weighted by molar-refractivity contribution is 4.60. The molecule has 0 N–H and O–H groups in total. The molecule has 0 fully saturated rings. The van der Waals surface area contributed by atoms with Gasteiger partial charge in [0, 0.05) is 12.6 Å². The molecule has 0 radical (unpaired) electrons. The van der Waals surface area contributed by atoms with Crippen LogP contribution in [0.5, 0.6) is 0 Å². The molecule has 1 atom stereocenters. The average molecular weight is 158 g/mol. The summed E-state index contributed by atoms with van der Waals surface area (Å²) in [7, 11) is 0. The molecule has 66 valence electrons. The highest BCUT2D eigenvalue weighted by atomic mass is 16.3. The first kappa shape index (κ1) is 10.4. The second kappa shape index (κ2) is 6.13. The van der Waals surface area contributed by atoms with E-state index < -0.39 is 0 Å². The largest absolute Gasteiger partial charge is 0.258 e. The van der Waals surface area contributed by atoms with Crippen LogP contribution in [0.3, 0.4) is 0 Å². The number of unbranched alkanes of at least 4 members (excludes halogenated alkanes) is 1. The summed E-state index contributed by atoms with van der Waals surface area (Å²) in [6.45, 7) is 7.00. The minimum absolute atomic E-state index is 0.291. The minimum Gasteiger partial charge on any atom is -0.258 e. The maximum atomic E-state index is 10.3. The molecule has 0 aromatic heterocycles. The van der Waals surface area contributed by atoms with Gasteiger partial charge in [0.2, 0.25) is 0 Å². The fourth-order valence-electron chi connectivity index (χ4n) is 0.873. The fourth-order valence-corrected chi connectivity index (χ4v) is 0.873. The van der Waals surface area contributed by atoms with E-state index in [0.29, 0.717) is 6.04 Å². The van der Waals surface area contributed by atoms with Crippen molar-refractivity contribution >= 4 is 0 Å². The summed E-state index contributed by atoms with van der Waals surface area (Å²) in [5.41, 5.74) is 0. The molecular weight excluding hydrogens is 140 g/mol. The normalized spacial score (nSPS) is 12.6. The summed E-state index contributed by atoms with van der Waals surface area (Å²) in [5.74, 6) is 0. The molecule has 1 unspecified atom stereocenters. The lowest BCUT2D eigenvalue weighted by molar-refractivity contribution is 0.207. The van der Waals surface area contributed by atoms with Crippen molar-refractivity contribution in [1.82, 2.24) is 5.01 Å². The third-order valence-corrected chi connectivity index (χ3v) is 1.95. The average Bonchev–Trinajstić information content (AvgIpc) is 2.05. The second-order valence-corrected chi connectivity index (χ2v) is 2.86. The number of hydrogen-bond acceptors (Lipinski definition) is 2. The van der Waals surface area contributed by atoms with Crippen molar-refractivity contribution < 1.29 is 0 Å². The van der Waals surface area contributed by atoms with Crippen molar-refractivity contribution in [3.63, 3.8) is 0 Å². The number of rotatable bonds is 6. The Bertz CT molecular complexity index is 106. The maximum Gasteiger partial charge on any atom is 0.0526 e. The third-order valence-electron chi connectivity index (χ3n) is 1.95.